The molecule has 36 heavy (non-hydrogen) atoms. The van der Waals surface area contributed by atoms with Gasteiger partial charge in [-0.25, -0.2) is 4.98 Å². The maximum absolute atomic E-state index is 6.24. The van der Waals surface area contributed by atoms with Crippen LogP contribution in [0, 0.1) is 0 Å². The monoisotopic (exact) mass is 513 g/mol. The zero-order chi connectivity index (χ0) is 24.8. The number of hydrogen-bond donors (Lipinski definition) is 4. The highest BCUT2D eigenvalue weighted by Crippen LogP contribution is 2.17. The molecule has 2 heterocycles. The Kier molecular flexibility index (Phi) is 11.6. The molecule has 1 aromatic heterocycles. The molecule has 0 radical (unpaired) electrons. The number of hydrogen-bond acceptors (Lipinski definition) is 7. The van der Waals surface area contributed by atoms with Crippen molar-refractivity contribution >= 4 is 23.4 Å². The van der Waals surface area contributed by atoms with Gasteiger partial charge in [0.25, 0.3) is 0 Å². The normalized spacial score (nSPS) is 16.9. The van der Waals surface area contributed by atoms with Gasteiger partial charge in [0.1, 0.15) is 11.0 Å². The fraction of sp³-hybridized carbons (Fsp3) is 0.643. The molecule has 1 saturated carbocycles. The van der Waals surface area contributed by atoms with E-state index in [2.05, 4.69) is 60.4 Å². The van der Waals surface area contributed by atoms with Crippen molar-refractivity contribution < 1.29 is 0 Å². The van der Waals surface area contributed by atoms with E-state index in [9.17, 15) is 0 Å². The van der Waals surface area contributed by atoms with Crippen molar-refractivity contribution in [2.75, 3.05) is 49.9 Å². The van der Waals surface area contributed by atoms with Crippen LogP contribution >= 0.6 is 11.6 Å². The lowest BCUT2D eigenvalue weighted by Gasteiger charge is -2.22. The van der Waals surface area contributed by atoms with E-state index in [4.69, 9.17) is 11.6 Å². The molecule has 1 aliphatic carbocycles. The van der Waals surface area contributed by atoms with Crippen LogP contribution in [0.5, 0.6) is 0 Å². The predicted molar refractivity (Wildman–Crippen MR) is 151 cm³/mol. The van der Waals surface area contributed by atoms with Crippen LogP contribution in [0.1, 0.15) is 68.9 Å². The van der Waals surface area contributed by atoms with E-state index in [1.807, 2.05) is 0 Å². The standard InChI is InChI=1S/C28H44ClN7/c29-26-20-27(32-16-7-19-36-17-4-5-18-36)35-28(34-26)33-22-24-12-10-23(11-13-24)21-30-14-6-15-31-25-8-2-1-3-9-25/h10-13,20,25,30-31H,1-9,14-19,21-22H2,(H2,32,33,34,35). The van der Waals surface area contributed by atoms with Gasteiger partial charge in [-0.05, 0) is 82.4 Å². The molecule has 0 bridgehead atoms. The number of rotatable bonds is 15. The third-order valence-corrected chi connectivity index (χ3v) is 7.42. The van der Waals surface area contributed by atoms with Gasteiger partial charge < -0.3 is 26.2 Å². The maximum Gasteiger partial charge on any atom is 0.226 e. The summed E-state index contributed by atoms with van der Waals surface area (Å²) in [7, 11) is 0. The summed E-state index contributed by atoms with van der Waals surface area (Å²) >= 11 is 6.24. The van der Waals surface area contributed by atoms with Crippen molar-refractivity contribution in [2.24, 2.45) is 0 Å². The number of anilines is 2. The van der Waals surface area contributed by atoms with Crippen LogP contribution in [0.2, 0.25) is 5.15 Å². The van der Waals surface area contributed by atoms with Crippen molar-refractivity contribution in [3.05, 3.63) is 46.6 Å². The molecule has 2 aliphatic rings. The topological polar surface area (TPSA) is 77.1 Å². The summed E-state index contributed by atoms with van der Waals surface area (Å²) in [6.07, 6.45) is 11.9. The molecule has 4 N–H and O–H groups in total. The van der Waals surface area contributed by atoms with Crippen LogP contribution in [-0.2, 0) is 13.1 Å². The van der Waals surface area contributed by atoms with Gasteiger partial charge in [0, 0.05) is 31.7 Å². The first-order valence-corrected chi connectivity index (χ1v) is 14.4. The highest BCUT2D eigenvalue weighted by Gasteiger charge is 2.12. The SMILES string of the molecule is Clc1cc(NCCCN2CCCC2)nc(NCc2ccc(CNCCCNC3CCCCC3)cc2)n1. The molecule has 0 unspecified atom stereocenters. The molecule has 1 saturated heterocycles. The minimum atomic E-state index is 0.449. The number of aromatic nitrogens is 2. The second kappa shape index (κ2) is 15.4. The van der Waals surface area contributed by atoms with Gasteiger partial charge in [-0.3, -0.25) is 0 Å². The molecule has 0 atom stereocenters. The van der Waals surface area contributed by atoms with Gasteiger partial charge in [0.15, 0.2) is 0 Å². The molecular formula is C28H44ClN7. The summed E-state index contributed by atoms with van der Waals surface area (Å²) in [5.74, 6) is 1.33. The molecule has 1 aromatic carbocycles. The third kappa shape index (κ3) is 9.85. The largest absolute Gasteiger partial charge is 0.370 e. The summed E-state index contributed by atoms with van der Waals surface area (Å²) in [5, 5.41) is 14.4. The van der Waals surface area contributed by atoms with Crippen LogP contribution in [0.25, 0.3) is 0 Å². The van der Waals surface area contributed by atoms with Crippen molar-refractivity contribution in [1.29, 1.82) is 0 Å². The van der Waals surface area contributed by atoms with Crippen molar-refractivity contribution in [1.82, 2.24) is 25.5 Å². The fourth-order valence-corrected chi connectivity index (χ4v) is 5.31. The third-order valence-electron chi connectivity index (χ3n) is 7.22. The van der Waals surface area contributed by atoms with Crippen molar-refractivity contribution in [3.63, 3.8) is 0 Å². The predicted octanol–water partition coefficient (Wildman–Crippen LogP) is 5.04. The first-order valence-electron chi connectivity index (χ1n) is 14.0. The minimum absolute atomic E-state index is 0.449. The summed E-state index contributed by atoms with van der Waals surface area (Å²) in [6, 6.07) is 11.3. The second-order valence-corrected chi connectivity index (χ2v) is 10.6. The zero-order valence-corrected chi connectivity index (χ0v) is 22.5. The van der Waals surface area contributed by atoms with E-state index in [0.717, 1.165) is 51.0 Å². The van der Waals surface area contributed by atoms with Crippen molar-refractivity contribution in [2.45, 2.75) is 76.9 Å². The van der Waals surface area contributed by atoms with Crippen LogP contribution in [0.4, 0.5) is 11.8 Å². The highest BCUT2D eigenvalue weighted by molar-refractivity contribution is 6.29. The minimum Gasteiger partial charge on any atom is -0.370 e. The Hall–Kier alpha value is -1.93. The lowest BCUT2D eigenvalue weighted by atomic mass is 9.95. The van der Waals surface area contributed by atoms with Gasteiger partial charge in [0.2, 0.25) is 5.95 Å². The van der Waals surface area contributed by atoms with E-state index in [1.165, 1.54) is 75.6 Å². The first-order chi connectivity index (χ1) is 17.7. The number of nitrogens with zero attached hydrogens (tertiary/aromatic N) is 3. The number of likely N-dealkylation sites (tertiary alicyclic amines) is 1. The molecule has 0 spiro atoms. The van der Waals surface area contributed by atoms with Gasteiger partial charge >= 0.3 is 0 Å². The molecule has 1 aliphatic heterocycles. The fourth-order valence-electron chi connectivity index (χ4n) is 5.13. The van der Waals surface area contributed by atoms with E-state index in [0.29, 0.717) is 17.6 Å². The van der Waals surface area contributed by atoms with Gasteiger partial charge in [0.05, 0.1) is 0 Å². The number of nitrogens with one attached hydrogen (secondary N) is 4. The van der Waals surface area contributed by atoms with Crippen molar-refractivity contribution in [3.8, 4) is 0 Å². The maximum atomic E-state index is 6.24. The Balaban J connectivity index is 1.10. The van der Waals surface area contributed by atoms with Crippen LogP contribution in [-0.4, -0.2) is 60.2 Å². The smallest absolute Gasteiger partial charge is 0.226 e. The molecule has 0 amide bonds. The zero-order valence-electron chi connectivity index (χ0n) is 21.7. The molecule has 2 aromatic rings. The van der Waals surface area contributed by atoms with Gasteiger partial charge in [-0.15, -0.1) is 0 Å². The van der Waals surface area contributed by atoms with E-state index in [-0.39, 0.29) is 0 Å². The lowest BCUT2D eigenvalue weighted by Crippen LogP contribution is -2.33. The van der Waals surface area contributed by atoms with Crippen LogP contribution < -0.4 is 21.3 Å². The Morgan fingerprint density at radius 2 is 1.56 bits per heavy atom. The molecule has 198 valence electrons. The average Bonchev–Trinajstić information content (AvgIpc) is 3.42. The van der Waals surface area contributed by atoms with Gasteiger partial charge in [-0.2, -0.15) is 4.98 Å². The Morgan fingerprint density at radius 3 is 2.33 bits per heavy atom. The van der Waals surface area contributed by atoms with Gasteiger partial charge in [-0.1, -0.05) is 55.1 Å². The molecule has 7 nitrogen and oxygen atoms in total. The summed E-state index contributed by atoms with van der Waals surface area (Å²) < 4.78 is 0. The molecular weight excluding hydrogens is 470 g/mol. The summed E-state index contributed by atoms with van der Waals surface area (Å²) in [4.78, 5) is 11.4. The van der Waals surface area contributed by atoms with E-state index in [1.54, 1.807) is 6.07 Å². The number of halogens is 1. The first kappa shape index (κ1) is 27.1. The molecule has 8 heteroatoms. The lowest BCUT2D eigenvalue weighted by molar-refractivity contribution is 0.337. The average molecular weight is 514 g/mol. The summed E-state index contributed by atoms with van der Waals surface area (Å²) in [6.45, 7) is 8.23. The number of benzene rings is 1. The van der Waals surface area contributed by atoms with Crippen LogP contribution in [0.3, 0.4) is 0 Å². The summed E-state index contributed by atoms with van der Waals surface area (Å²) in [5.41, 5.74) is 2.50. The van der Waals surface area contributed by atoms with E-state index < -0.39 is 0 Å². The molecule has 4 rings (SSSR count). The quantitative estimate of drug-likeness (QED) is 0.196. The molecule has 2 fully saturated rings. The van der Waals surface area contributed by atoms with Crippen LogP contribution in [0.15, 0.2) is 30.3 Å². The van der Waals surface area contributed by atoms with E-state index >= 15 is 0 Å². The Labute approximate surface area is 222 Å². The second-order valence-electron chi connectivity index (χ2n) is 10.2. The Bertz CT molecular complexity index is 880. The highest BCUT2D eigenvalue weighted by atomic mass is 35.5. The Morgan fingerprint density at radius 1 is 0.806 bits per heavy atom.